The van der Waals surface area contributed by atoms with Crippen LogP contribution in [-0.2, 0) is 4.79 Å². The van der Waals surface area contributed by atoms with Crippen molar-refractivity contribution in [1.29, 1.82) is 0 Å². The summed E-state index contributed by atoms with van der Waals surface area (Å²) < 4.78 is 0. The molecule has 1 aliphatic rings. The SMILES string of the molecule is CC(O)CC(C)(C)C(C(=O)O)N1C(=O)c2ccccc2C1=O. The molecule has 0 saturated carbocycles. The molecule has 1 aromatic rings. The number of carbonyl (C=O) groups is 3. The van der Waals surface area contributed by atoms with Gasteiger partial charge in [-0.25, -0.2) is 4.79 Å². The van der Waals surface area contributed by atoms with Crippen molar-refractivity contribution in [2.75, 3.05) is 0 Å². The number of carboxylic acids is 1. The summed E-state index contributed by atoms with van der Waals surface area (Å²) in [6.07, 6.45) is -0.593. The average molecular weight is 305 g/mol. The molecule has 22 heavy (non-hydrogen) atoms. The Morgan fingerprint density at radius 3 is 2.00 bits per heavy atom. The van der Waals surface area contributed by atoms with Crippen molar-refractivity contribution < 1.29 is 24.6 Å². The Hall–Kier alpha value is -2.21. The normalized spacial score (nSPS) is 17.4. The van der Waals surface area contributed by atoms with Gasteiger partial charge in [-0.15, -0.1) is 0 Å². The van der Waals surface area contributed by atoms with Crippen molar-refractivity contribution in [3.05, 3.63) is 35.4 Å². The molecule has 2 amide bonds. The van der Waals surface area contributed by atoms with E-state index in [0.717, 1.165) is 4.90 Å². The lowest BCUT2D eigenvalue weighted by Gasteiger charge is -2.37. The Morgan fingerprint density at radius 2 is 1.64 bits per heavy atom. The second kappa shape index (κ2) is 5.53. The molecule has 6 nitrogen and oxygen atoms in total. The van der Waals surface area contributed by atoms with E-state index in [1.165, 1.54) is 12.1 Å². The zero-order valence-electron chi connectivity index (χ0n) is 12.7. The number of amides is 2. The predicted molar refractivity (Wildman–Crippen MR) is 78.4 cm³/mol. The van der Waals surface area contributed by atoms with Gasteiger partial charge in [0.15, 0.2) is 0 Å². The smallest absolute Gasteiger partial charge is 0.327 e. The molecule has 2 atom stereocenters. The molecule has 0 radical (unpaired) electrons. The van der Waals surface area contributed by atoms with Crippen molar-refractivity contribution in [3.8, 4) is 0 Å². The summed E-state index contributed by atoms with van der Waals surface area (Å²) in [5.41, 5.74) is -0.536. The summed E-state index contributed by atoms with van der Waals surface area (Å²) in [4.78, 5) is 37.5. The average Bonchev–Trinajstić information content (AvgIpc) is 2.63. The second-order valence-corrected chi connectivity index (χ2v) is 6.31. The number of aliphatic hydroxyl groups is 1. The highest BCUT2D eigenvalue weighted by molar-refractivity contribution is 6.22. The maximum atomic E-state index is 12.5. The van der Waals surface area contributed by atoms with Gasteiger partial charge in [-0.2, -0.15) is 0 Å². The maximum absolute atomic E-state index is 12.5. The van der Waals surface area contributed by atoms with Gasteiger partial charge in [-0.05, 0) is 30.9 Å². The molecule has 2 unspecified atom stereocenters. The van der Waals surface area contributed by atoms with Crippen LogP contribution in [-0.4, -0.2) is 45.0 Å². The Balaban J connectivity index is 2.46. The minimum Gasteiger partial charge on any atom is -0.480 e. The van der Waals surface area contributed by atoms with Gasteiger partial charge in [-0.1, -0.05) is 26.0 Å². The van der Waals surface area contributed by atoms with Crippen LogP contribution in [0.4, 0.5) is 0 Å². The van der Waals surface area contributed by atoms with E-state index in [2.05, 4.69) is 0 Å². The quantitative estimate of drug-likeness (QED) is 0.804. The number of carboxylic acid groups (broad SMARTS) is 1. The number of benzene rings is 1. The van der Waals surface area contributed by atoms with Crippen LogP contribution in [0.5, 0.6) is 0 Å². The summed E-state index contributed by atoms with van der Waals surface area (Å²) in [7, 11) is 0. The van der Waals surface area contributed by atoms with Crippen LogP contribution < -0.4 is 0 Å². The third-order valence-electron chi connectivity index (χ3n) is 3.88. The van der Waals surface area contributed by atoms with Crippen molar-refractivity contribution >= 4 is 17.8 Å². The first kappa shape index (κ1) is 16.2. The molecule has 2 rings (SSSR count). The van der Waals surface area contributed by atoms with Crippen LogP contribution in [0.25, 0.3) is 0 Å². The Kier molecular flexibility index (Phi) is 4.06. The van der Waals surface area contributed by atoms with Gasteiger partial charge in [0.1, 0.15) is 6.04 Å². The van der Waals surface area contributed by atoms with Crippen LogP contribution in [0.3, 0.4) is 0 Å². The lowest BCUT2D eigenvalue weighted by atomic mass is 9.78. The fraction of sp³-hybridized carbons (Fsp3) is 0.438. The number of aliphatic carboxylic acids is 1. The molecule has 0 bridgehead atoms. The number of aliphatic hydroxyl groups excluding tert-OH is 1. The molecule has 1 aliphatic heterocycles. The number of nitrogens with zero attached hydrogens (tertiary/aromatic N) is 1. The van der Waals surface area contributed by atoms with Crippen LogP contribution in [0.1, 0.15) is 47.9 Å². The van der Waals surface area contributed by atoms with E-state index in [-0.39, 0.29) is 17.5 Å². The Bertz CT molecular complexity index is 600. The maximum Gasteiger partial charge on any atom is 0.327 e. The van der Waals surface area contributed by atoms with E-state index in [4.69, 9.17) is 0 Å². The van der Waals surface area contributed by atoms with Gasteiger partial charge in [0.25, 0.3) is 11.8 Å². The highest BCUT2D eigenvalue weighted by Crippen LogP contribution is 2.35. The topological polar surface area (TPSA) is 94.9 Å². The van der Waals surface area contributed by atoms with E-state index < -0.39 is 35.3 Å². The number of fused-ring (bicyclic) bond motifs is 1. The van der Waals surface area contributed by atoms with Crippen molar-refractivity contribution in [1.82, 2.24) is 4.90 Å². The molecule has 0 fully saturated rings. The number of hydrogen-bond donors (Lipinski definition) is 2. The highest BCUT2D eigenvalue weighted by Gasteiger charge is 2.49. The lowest BCUT2D eigenvalue weighted by Crippen LogP contribution is -2.53. The monoisotopic (exact) mass is 305 g/mol. The van der Waals surface area contributed by atoms with E-state index in [1.807, 2.05) is 0 Å². The van der Waals surface area contributed by atoms with Gasteiger partial charge >= 0.3 is 5.97 Å². The van der Waals surface area contributed by atoms with E-state index in [1.54, 1.807) is 32.9 Å². The second-order valence-electron chi connectivity index (χ2n) is 6.31. The summed E-state index contributed by atoms with van der Waals surface area (Å²) in [5, 5.41) is 19.2. The van der Waals surface area contributed by atoms with Crippen molar-refractivity contribution in [3.63, 3.8) is 0 Å². The van der Waals surface area contributed by atoms with Crippen molar-refractivity contribution in [2.24, 2.45) is 5.41 Å². The zero-order chi connectivity index (χ0) is 16.7. The number of hydrogen-bond acceptors (Lipinski definition) is 4. The van der Waals surface area contributed by atoms with Gasteiger partial charge < -0.3 is 10.2 Å². The Morgan fingerprint density at radius 1 is 1.18 bits per heavy atom. The summed E-state index contributed by atoms with van der Waals surface area (Å²) >= 11 is 0. The number of imide groups is 1. The van der Waals surface area contributed by atoms with Gasteiger partial charge in [0, 0.05) is 0 Å². The summed E-state index contributed by atoms with van der Waals surface area (Å²) in [5.74, 6) is -2.47. The van der Waals surface area contributed by atoms with Gasteiger partial charge in [0.2, 0.25) is 0 Å². The summed E-state index contributed by atoms with van der Waals surface area (Å²) in [6.45, 7) is 4.80. The largest absolute Gasteiger partial charge is 0.480 e. The van der Waals surface area contributed by atoms with E-state index in [0.29, 0.717) is 0 Å². The zero-order valence-corrected chi connectivity index (χ0v) is 12.7. The molecule has 0 saturated heterocycles. The lowest BCUT2D eigenvalue weighted by molar-refractivity contribution is -0.146. The first-order chi connectivity index (χ1) is 10.2. The summed E-state index contributed by atoms with van der Waals surface area (Å²) in [6, 6.07) is 4.94. The van der Waals surface area contributed by atoms with E-state index in [9.17, 15) is 24.6 Å². The number of rotatable bonds is 5. The first-order valence-electron chi connectivity index (χ1n) is 7.04. The Labute approximate surface area is 128 Å². The minimum atomic E-state index is -1.34. The number of carbonyl (C=O) groups excluding carboxylic acids is 2. The standard InChI is InChI=1S/C16H19NO5/c1-9(18)8-16(2,3)12(15(21)22)17-13(19)10-6-4-5-7-11(10)14(17)20/h4-7,9,12,18H,8H2,1-3H3,(H,21,22). The van der Waals surface area contributed by atoms with Crippen LogP contribution >= 0.6 is 0 Å². The molecule has 2 N–H and O–H groups in total. The molecule has 6 heteroatoms. The molecule has 118 valence electrons. The van der Waals surface area contributed by atoms with E-state index >= 15 is 0 Å². The first-order valence-corrected chi connectivity index (χ1v) is 7.04. The molecular formula is C16H19NO5. The minimum absolute atomic E-state index is 0.150. The van der Waals surface area contributed by atoms with Gasteiger partial charge in [-0.3, -0.25) is 14.5 Å². The highest BCUT2D eigenvalue weighted by atomic mass is 16.4. The molecule has 1 aromatic carbocycles. The fourth-order valence-electron chi connectivity index (χ4n) is 3.11. The predicted octanol–water partition coefficient (Wildman–Crippen LogP) is 1.53. The third-order valence-corrected chi connectivity index (χ3v) is 3.88. The van der Waals surface area contributed by atoms with Crippen LogP contribution in [0.15, 0.2) is 24.3 Å². The fourth-order valence-corrected chi connectivity index (χ4v) is 3.11. The van der Waals surface area contributed by atoms with Crippen LogP contribution in [0.2, 0.25) is 0 Å². The van der Waals surface area contributed by atoms with Gasteiger partial charge in [0.05, 0.1) is 17.2 Å². The molecular weight excluding hydrogens is 286 g/mol. The molecule has 1 heterocycles. The molecule has 0 spiro atoms. The molecule has 0 aromatic heterocycles. The molecule has 0 aliphatic carbocycles. The van der Waals surface area contributed by atoms with Crippen molar-refractivity contribution in [2.45, 2.75) is 39.3 Å². The van der Waals surface area contributed by atoms with Crippen LogP contribution in [0, 0.1) is 5.41 Å². The third kappa shape index (κ3) is 2.62.